The average molecular weight is 388 g/mol. The summed E-state index contributed by atoms with van der Waals surface area (Å²) < 4.78 is 6.96. The zero-order valence-electron chi connectivity index (χ0n) is 15.1. The molecule has 0 spiro atoms. The van der Waals surface area contributed by atoms with E-state index in [0.717, 1.165) is 21.7 Å². The van der Waals surface area contributed by atoms with Gasteiger partial charge in [0, 0.05) is 34.6 Å². The van der Waals surface area contributed by atoms with E-state index < -0.39 is 5.97 Å². The second kappa shape index (κ2) is 7.71. The van der Waals surface area contributed by atoms with E-state index in [2.05, 4.69) is 15.4 Å². The van der Waals surface area contributed by atoms with Crippen molar-refractivity contribution in [3.05, 3.63) is 52.3 Å². The van der Waals surface area contributed by atoms with Crippen LogP contribution < -0.4 is 0 Å². The number of carbonyl (C=O) groups excluding carboxylic acids is 2. The van der Waals surface area contributed by atoms with Crippen LogP contribution in [0.15, 0.2) is 30.3 Å². The lowest BCUT2D eigenvalue weighted by atomic mass is 10.1. The highest BCUT2D eigenvalue weighted by molar-refractivity contribution is 6.30. The maximum Gasteiger partial charge on any atom is 0.330 e. The number of ether oxygens (including phenoxy) is 1. The van der Waals surface area contributed by atoms with Crippen molar-refractivity contribution in [2.24, 2.45) is 7.05 Å². The van der Waals surface area contributed by atoms with E-state index in [4.69, 9.17) is 16.3 Å². The molecule has 8 nitrogen and oxygen atoms in total. The van der Waals surface area contributed by atoms with Gasteiger partial charge in [-0.3, -0.25) is 4.79 Å². The SMILES string of the molecule is Cc1cc(C(=O)COC(=O)Cn2nnc(-c3ccc(Cl)cc3)n2)c(C)n1C. The van der Waals surface area contributed by atoms with Crippen LogP contribution in [0.25, 0.3) is 11.4 Å². The Balaban J connectivity index is 1.57. The van der Waals surface area contributed by atoms with Crippen molar-refractivity contribution in [1.82, 2.24) is 24.8 Å². The zero-order chi connectivity index (χ0) is 19.6. The first-order chi connectivity index (χ1) is 12.8. The lowest BCUT2D eigenvalue weighted by Gasteiger charge is -2.04. The number of esters is 1. The van der Waals surface area contributed by atoms with E-state index in [1.165, 1.54) is 0 Å². The number of benzene rings is 1. The van der Waals surface area contributed by atoms with Gasteiger partial charge in [-0.2, -0.15) is 4.80 Å². The molecule has 140 valence electrons. The van der Waals surface area contributed by atoms with Gasteiger partial charge in [0.1, 0.15) is 0 Å². The topological polar surface area (TPSA) is 91.9 Å². The minimum absolute atomic E-state index is 0.235. The smallest absolute Gasteiger partial charge is 0.330 e. The molecule has 0 radical (unpaired) electrons. The van der Waals surface area contributed by atoms with Crippen LogP contribution in [0.5, 0.6) is 0 Å². The third-order valence-electron chi connectivity index (χ3n) is 4.27. The van der Waals surface area contributed by atoms with Crippen molar-refractivity contribution >= 4 is 23.4 Å². The Bertz CT molecular complexity index is 991. The zero-order valence-corrected chi connectivity index (χ0v) is 15.9. The number of nitrogens with zero attached hydrogens (tertiary/aromatic N) is 5. The number of hydrogen-bond donors (Lipinski definition) is 0. The predicted molar refractivity (Wildman–Crippen MR) is 98.4 cm³/mol. The minimum Gasteiger partial charge on any atom is -0.456 e. The molecular weight excluding hydrogens is 370 g/mol. The summed E-state index contributed by atoms with van der Waals surface area (Å²) in [6, 6.07) is 8.72. The summed E-state index contributed by atoms with van der Waals surface area (Å²) in [6.45, 7) is 3.19. The number of Topliss-reactive ketones (excluding diaryl/α,β-unsaturated/α-hetero) is 1. The van der Waals surface area contributed by atoms with Crippen LogP contribution in [-0.2, 0) is 23.1 Å². The van der Waals surface area contributed by atoms with Gasteiger partial charge in [0.2, 0.25) is 11.6 Å². The summed E-state index contributed by atoms with van der Waals surface area (Å²) in [4.78, 5) is 25.3. The van der Waals surface area contributed by atoms with Crippen LogP contribution in [0.2, 0.25) is 5.02 Å². The van der Waals surface area contributed by atoms with Gasteiger partial charge < -0.3 is 9.30 Å². The molecule has 0 aliphatic heterocycles. The first kappa shape index (κ1) is 18.8. The lowest BCUT2D eigenvalue weighted by Crippen LogP contribution is -2.20. The van der Waals surface area contributed by atoms with Gasteiger partial charge in [0.05, 0.1) is 0 Å². The third-order valence-corrected chi connectivity index (χ3v) is 4.52. The molecule has 0 saturated carbocycles. The summed E-state index contributed by atoms with van der Waals surface area (Å²) in [7, 11) is 1.88. The van der Waals surface area contributed by atoms with E-state index in [-0.39, 0.29) is 18.9 Å². The van der Waals surface area contributed by atoms with Crippen molar-refractivity contribution in [2.75, 3.05) is 6.61 Å². The number of halogens is 1. The van der Waals surface area contributed by atoms with E-state index in [9.17, 15) is 9.59 Å². The number of aryl methyl sites for hydroxylation is 1. The molecule has 0 N–H and O–H groups in total. The molecule has 0 saturated heterocycles. The summed E-state index contributed by atoms with van der Waals surface area (Å²) >= 11 is 5.85. The second-order valence-electron chi connectivity index (χ2n) is 6.08. The number of hydrogen-bond acceptors (Lipinski definition) is 6. The molecular formula is C18H18ClN5O3. The van der Waals surface area contributed by atoms with Crippen LogP contribution in [0.3, 0.4) is 0 Å². The number of tetrazole rings is 1. The Hall–Kier alpha value is -3.00. The molecule has 3 rings (SSSR count). The normalized spacial score (nSPS) is 10.8. The molecule has 27 heavy (non-hydrogen) atoms. The Morgan fingerprint density at radius 2 is 1.89 bits per heavy atom. The monoisotopic (exact) mass is 387 g/mol. The fourth-order valence-electron chi connectivity index (χ4n) is 2.55. The van der Waals surface area contributed by atoms with Crippen molar-refractivity contribution in [3.63, 3.8) is 0 Å². The molecule has 0 aliphatic rings. The Kier molecular flexibility index (Phi) is 5.36. The maximum atomic E-state index is 12.3. The van der Waals surface area contributed by atoms with Crippen molar-refractivity contribution in [3.8, 4) is 11.4 Å². The number of rotatable bonds is 6. The molecule has 9 heteroatoms. The van der Waals surface area contributed by atoms with Crippen LogP contribution >= 0.6 is 11.6 Å². The second-order valence-corrected chi connectivity index (χ2v) is 6.51. The quantitative estimate of drug-likeness (QED) is 0.476. The van der Waals surface area contributed by atoms with Gasteiger partial charge in [0.25, 0.3) is 0 Å². The van der Waals surface area contributed by atoms with E-state index in [1.54, 1.807) is 30.3 Å². The van der Waals surface area contributed by atoms with E-state index in [1.807, 2.05) is 25.5 Å². The Labute approximate surface area is 160 Å². The number of aromatic nitrogens is 5. The molecule has 1 aromatic carbocycles. The van der Waals surface area contributed by atoms with Crippen LogP contribution in [-0.4, -0.2) is 43.1 Å². The van der Waals surface area contributed by atoms with E-state index >= 15 is 0 Å². The standard InChI is InChI=1S/C18H18ClN5O3/c1-11-8-15(12(2)23(11)3)16(25)10-27-17(26)9-24-21-18(20-22-24)13-4-6-14(19)7-5-13/h4-8H,9-10H2,1-3H3. The maximum absolute atomic E-state index is 12.3. The number of ketones is 1. The summed E-state index contributed by atoms with van der Waals surface area (Å²) in [5, 5.41) is 12.4. The molecule has 0 unspecified atom stereocenters. The van der Waals surface area contributed by atoms with Gasteiger partial charge in [-0.15, -0.1) is 10.2 Å². The van der Waals surface area contributed by atoms with Crippen molar-refractivity contribution < 1.29 is 14.3 Å². The van der Waals surface area contributed by atoms with Gasteiger partial charge in [0.15, 0.2) is 13.2 Å². The third kappa shape index (κ3) is 4.22. The summed E-state index contributed by atoms with van der Waals surface area (Å²) in [6.07, 6.45) is 0. The number of carbonyl (C=O) groups is 2. The van der Waals surface area contributed by atoms with Crippen molar-refractivity contribution in [2.45, 2.75) is 20.4 Å². The fraction of sp³-hybridized carbons (Fsp3) is 0.278. The van der Waals surface area contributed by atoms with Crippen LogP contribution in [0.4, 0.5) is 0 Å². The molecule has 3 aromatic rings. The molecule has 0 atom stereocenters. The molecule has 0 aliphatic carbocycles. The molecule has 0 amide bonds. The first-order valence-corrected chi connectivity index (χ1v) is 8.58. The summed E-state index contributed by atoms with van der Waals surface area (Å²) in [5.41, 5.74) is 3.07. The van der Waals surface area contributed by atoms with Gasteiger partial charge in [-0.05, 0) is 49.4 Å². The molecule has 0 fully saturated rings. The molecule has 2 aromatic heterocycles. The van der Waals surface area contributed by atoms with Crippen LogP contribution in [0.1, 0.15) is 21.7 Å². The van der Waals surface area contributed by atoms with Gasteiger partial charge >= 0.3 is 5.97 Å². The Morgan fingerprint density at radius 3 is 2.52 bits per heavy atom. The highest BCUT2D eigenvalue weighted by atomic mass is 35.5. The minimum atomic E-state index is -0.617. The average Bonchev–Trinajstić information content (AvgIpc) is 3.20. The highest BCUT2D eigenvalue weighted by Gasteiger charge is 2.17. The van der Waals surface area contributed by atoms with Gasteiger partial charge in [-0.25, -0.2) is 4.79 Å². The van der Waals surface area contributed by atoms with Gasteiger partial charge in [-0.1, -0.05) is 11.6 Å². The summed E-state index contributed by atoms with van der Waals surface area (Å²) in [5.74, 6) is -0.502. The Morgan fingerprint density at radius 1 is 1.19 bits per heavy atom. The van der Waals surface area contributed by atoms with E-state index in [0.29, 0.717) is 16.4 Å². The highest BCUT2D eigenvalue weighted by Crippen LogP contribution is 2.17. The van der Waals surface area contributed by atoms with Crippen LogP contribution in [0, 0.1) is 13.8 Å². The fourth-order valence-corrected chi connectivity index (χ4v) is 2.67. The van der Waals surface area contributed by atoms with Crippen molar-refractivity contribution in [1.29, 1.82) is 0 Å². The molecule has 0 bridgehead atoms. The predicted octanol–water partition coefficient (Wildman–Crippen LogP) is 2.37. The lowest BCUT2D eigenvalue weighted by molar-refractivity contribution is -0.143. The largest absolute Gasteiger partial charge is 0.456 e. The first-order valence-electron chi connectivity index (χ1n) is 8.20. The molecule has 2 heterocycles.